The summed E-state index contributed by atoms with van der Waals surface area (Å²) in [6.07, 6.45) is 0.800. The minimum absolute atomic E-state index is 0.0794. The zero-order valence-corrected chi connectivity index (χ0v) is 16.1. The Kier molecular flexibility index (Phi) is 14.3. The Bertz CT molecular complexity index is 1000. The SMILES string of the molecule is C=CC(=O)OCCOC(=O)CCC(=O)N(C)C#CC#CC#CC#CC#CC#CC. The smallest absolute Gasteiger partial charge is 0.330 e. The van der Waals surface area contributed by atoms with E-state index in [4.69, 9.17) is 4.74 Å². The first-order chi connectivity index (χ1) is 14.0. The molecule has 0 aliphatic carbocycles. The molecule has 0 saturated heterocycles. The Hall–Kier alpha value is -4.49. The molecule has 0 fully saturated rings. The molecule has 0 aromatic rings. The van der Waals surface area contributed by atoms with Gasteiger partial charge in [0.1, 0.15) is 13.2 Å². The minimum Gasteiger partial charge on any atom is -0.462 e. The third-order valence-electron chi connectivity index (χ3n) is 2.59. The third-order valence-corrected chi connectivity index (χ3v) is 2.59. The summed E-state index contributed by atoms with van der Waals surface area (Å²) in [5, 5.41) is 0. The van der Waals surface area contributed by atoms with Crippen molar-refractivity contribution in [3.63, 3.8) is 0 Å². The van der Waals surface area contributed by atoms with Crippen molar-refractivity contribution in [1.82, 2.24) is 4.90 Å². The molecule has 0 radical (unpaired) electrons. The number of esters is 2. The lowest BCUT2D eigenvalue weighted by molar-refractivity contribution is -0.150. The summed E-state index contributed by atoms with van der Waals surface area (Å²) in [5.41, 5.74) is 0. The quantitative estimate of drug-likeness (QED) is 0.209. The topological polar surface area (TPSA) is 72.9 Å². The van der Waals surface area contributed by atoms with Crippen molar-refractivity contribution in [1.29, 1.82) is 0 Å². The van der Waals surface area contributed by atoms with E-state index in [1.807, 2.05) is 0 Å². The van der Waals surface area contributed by atoms with Gasteiger partial charge in [0.05, 0.1) is 6.42 Å². The first-order valence-corrected chi connectivity index (χ1v) is 8.15. The number of ether oxygens (including phenoxy) is 2. The molecule has 6 nitrogen and oxygen atoms in total. The van der Waals surface area contributed by atoms with Gasteiger partial charge < -0.3 is 9.47 Å². The molecule has 0 aromatic carbocycles. The van der Waals surface area contributed by atoms with E-state index >= 15 is 0 Å². The molecule has 0 atom stereocenters. The fourth-order valence-corrected chi connectivity index (χ4v) is 1.29. The Labute approximate surface area is 171 Å². The Balaban J connectivity index is 4.23. The molecule has 0 N–H and O–H groups in total. The maximum atomic E-state index is 11.8. The van der Waals surface area contributed by atoms with E-state index in [9.17, 15) is 14.4 Å². The molecule has 0 rings (SSSR count). The lowest BCUT2D eigenvalue weighted by Gasteiger charge is -2.08. The average molecular weight is 387 g/mol. The fraction of sp³-hybridized carbons (Fsp3) is 0.261. The van der Waals surface area contributed by atoms with Crippen molar-refractivity contribution < 1.29 is 23.9 Å². The largest absolute Gasteiger partial charge is 0.462 e. The summed E-state index contributed by atoms with van der Waals surface area (Å²) in [6, 6.07) is 2.50. The van der Waals surface area contributed by atoms with E-state index in [-0.39, 0.29) is 32.0 Å². The van der Waals surface area contributed by atoms with Gasteiger partial charge >= 0.3 is 11.9 Å². The molecular formula is C23H17NO5. The van der Waals surface area contributed by atoms with Crippen LogP contribution in [0.2, 0.25) is 0 Å². The standard InChI is InChI=1S/C23H17NO5/c1-4-6-7-8-9-10-11-12-13-14-15-18-24(3)21(25)16-17-23(27)29-20-19-28-22(26)5-2/h5H,2,16-17,19-20H2,1,3H3. The molecule has 0 aliphatic heterocycles. The predicted molar refractivity (Wildman–Crippen MR) is 106 cm³/mol. The fourth-order valence-electron chi connectivity index (χ4n) is 1.29. The predicted octanol–water partition coefficient (Wildman–Crippen LogP) is 0.495. The van der Waals surface area contributed by atoms with Gasteiger partial charge in [0.25, 0.3) is 0 Å². The molecular weight excluding hydrogens is 370 g/mol. The van der Waals surface area contributed by atoms with Gasteiger partial charge in [-0.25, -0.2) is 4.79 Å². The van der Waals surface area contributed by atoms with E-state index in [1.54, 1.807) is 6.92 Å². The first kappa shape index (κ1) is 24.5. The number of carbonyl (C=O) groups excluding carboxylic acids is 3. The van der Waals surface area contributed by atoms with Crippen LogP contribution in [0, 0.1) is 71.2 Å². The molecule has 144 valence electrons. The Morgan fingerprint density at radius 3 is 1.90 bits per heavy atom. The van der Waals surface area contributed by atoms with Crippen LogP contribution in [0.1, 0.15) is 19.8 Å². The number of hydrogen-bond donors (Lipinski definition) is 0. The summed E-state index contributed by atoms with van der Waals surface area (Å²) in [5.74, 6) is 25.8. The van der Waals surface area contributed by atoms with Gasteiger partial charge in [0, 0.05) is 55.2 Å². The van der Waals surface area contributed by atoms with Crippen molar-refractivity contribution in [3.8, 4) is 71.2 Å². The van der Waals surface area contributed by atoms with Crippen LogP contribution in [0.4, 0.5) is 0 Å². The normalized spacial score (nSPS) is 7.10. The molecule has 0 spiro atoms. The van der Waals surface area contributed by atoms with Crippen LogP contribution in [0.15, 0.2) is 12.7 Å². The molecule has 29 heavy (non-hydrogen) atoms. The highest BCUT2D eigenvalue weighted by atomic mass is 16.6. The van der Waals surface area contributed by atoms with Gasteiger partial charge in [0.2, 0.25) is 5.91 Å². The highest BCUT2D eigenvalue weighted by Crippen LogP contribution is 1.97. The monoisotopic (exact) mass is 387 g/mol. The van der Waals surface area contributed by atoms with Crippen LogP contribution in [-0.4, -0.2) is 43.0 Å². The van der Waals surface area contributed by atoms with Gasteiger partial charge in [0.15, 0.2) is 0 Å². The lowest BCUT2D eigenvalue weighted by Crippen LogP contribution is -2.22. The zero-order valence-electron chi connectivity index (χ0n) is 16.1. The minimum atomic E-state index is -0.606. The van der Waals surface area contributed by atoms with Crippen LogP contribution in [0.25, 0.3) is 0 Å². The van der Waals surface area contributed by atoms with Crippen LogP contribution in [-0.2, 0) is 23.9 Å². The van der Waals surface area contributed by atoms with Crippen LogP contribution in [0.3, 0.4) is 0 Å². The molecule has 6 heteroatoms. The van der Waals surface area contributed by atoms with Crippen molar-refractivity contribution in [2.75, 3.05) is 20.3 Å². The second-order valence-electron chi connectivity index (χ2n) is 4.66. The van der Waals surface area contributed by atoms with E-state index < -0.39 is 11.9 Å². The van der Waals surface area contributed by atoms with Crippen molar-refractivity contribution in [2.45, 2.75) is 19.8 Å². The van der Waals surface area contributed by atoms with Crippen LogP contribution >= 0.6 is 0 Å². The Morgan fingerprint density at radius 2 is 1.34 bits per heavy atom. The van der Waals surface area contributed by atoms with Crippen molar-refractivity contribution >= 4 is 17.8 Å². The summed E-state index contributed by atoms with van der Waals surface area (Å²) >= 11 is 0. The van der Waals surface area contributed by atoms with Gasteiger partial charge in [-0.05, 0) is 36.5 Å². The number of amides is 1. The molecule has 0 aliphatic rings. The molecule has 1 amide bonds. The number of hydrogen-bond acceptors (Lipinski definition) is 5. The number of carbonyl (C=O) groups is 3. The molecule has 0 heterocycles. The van der Waals surface area contributed by atoms with E-state index in [0.717, 1.165) is 11.0 Å². The van der Waals surface area contributed by atoms with E-state index in [2.05, 4.69) is 82.5 Å². The van der Waals surface area contributed by atoms with Gasteiger partial charge in [-0.3, -0.25) is 14.5 Å². The van der Waals surface area contributed by atoms with Crippen molar-refractivity contribution in [3.05, 3.63) is 12.7 Å². The number of rotatable bonds is 7. The van der Waals surface area contributed by atoms with Gasteiger partial charge in [-0.2, -0.15) is 0 Å². The summed E-state index contributed by atoms with van der Waals surface area (Å²) in [7, 11) is 1.45. The second-order valence-corrected chi connectivity index (χ2v) is 4.66. The third kappa shape index (κ3) is 15.5. The molecule has 0 saturated carbocycles. The van der Waals surface area contributed by atoms with Gasteiger partial charge in [-0.15, -0.1) is 0 Å². The van der Waals surface area contributed by atoms with Crippen molar-refractivity contribution in [2.24, 2.45) is 0 Å². The first-order valence-electron chi connectivity index (χ1n) is 8.15. The Morgan fingerprint density at radius 1 is 0.828 bits per heavy atom. The van der Waals surface area contributed by atoms with Crippen LogP contribution in [0.5, 0.6) is 0 Å². The maximum absolute atomic E-state index is 11.8. The summed E-state index contributed by atoms with van der Waals surface area (Å²) in [4.78, 5) is 35.2. The highest BCUT2D eigenvalue weighted by Gasteiger charge is 2.11. The highest BCUT2D eigenvalue weighted by molar-refractivity contribution is 5.82. The summed E-state index contributed by atoms with van der Waals surface area (Å²) < 4.78 is 9.46. The van der Waals surface area contributed by atoms with E-state index in [0.29, 0.717) is 0 Å². The molecule has 0 aromatic heterocycles. The molecule has 0 unspecified atom stereocenters. The zero-order chi connectivity index (χ0) is 21.7. The summed E-state index contributed by atoms with van der Waals surface area (Å²) in [6.45, 7) is 4.73. The van der Waals surface area contributed by atoms with Gasteiger partial charge in [-0.1, -0.05) is 12.5 Å². The lowest BCUT2D eigenvalue weighted by atomic mass is 10.3. The molecule has 0 bridgehead atoms. The number of nitrogens with zero attached hydrogens (tertiary/aromatic N) is 1. The van der Waals surface area contributed by atoms with E-state index in [1.165, 1.54) is 7.05 Å². The average Bonchev–Trinajstić information content (AvgIpc) is 2.72. The second kappa shape index (κ2) is 17.0. The van der Waals surface area contributed by atoms with Crippen LogP contribution < -0.4 is 0 Å². The maximum Gasteiger partial charge on any atom is 0.330 e.